The van der Waals surface area contributed by atoms with Gasteiger partial charge in [0.25, 0.3) is 0 Å². The quantitative estimate of drug-likeness (QED) is 0.768. The fourth-order valence-corrected chi connectivity index (χ4v) is 3.18. The van der Waals surface area contributed by atoms with E-state index in [4.69, 9.17) is 0 Å². The summed E-state index contributed by atoms with van der Waals surface area (Å²) in [5.41, 5.74) is 1.78. The molecule has 6 nitrogen and oxygen atoms in total. The first kappa shape index (κ1) is 16.3. The molecule has 0 unspecified atom stereocenters. The largest absolute Gasteiger partial charge is 0.264 e. The number of aromatic nitrogens is 3. The van der Waals surface area contributed by atoms with E-state index in [-0.39, 0.29) is 17.1 Å². The van der Waals surface area contributed by atoms with Crippen molar-refractivity contribution in [3.05, 3.63) is 72.1 Å². The molecule has 0 saturated heterocycles. The first-order valence-corrected chi connectivity index (χ1v) is 8.64. The minimum atomic E-state index is -3.82. The SMILES string of the molecule is Cc1cnn(-c2ccc(S(=O)(=O)NCc3cccnc3)cc2F)c1. The topological polar surface area (TPSA) is 76.9 Å². The molecule has 1 aromatic carbocycles. The van der Waals surface area contributed by atoms with Gasteiger partial charge < -0.3 is 0 Å². The third kappa shape index (κ3) is 3.50. The van der Waals surface area contributed by atoms with Gasteiger partial charge in [-0.1, -0.05) is 6.07 Å². The molecule has 0 aliphatic rings. The van der Waals surface area contributed by atoms with Gasteiger partial charge in [-0.3, -0.25) is 4.98 Å². The van der Waals surface area contributed by atoms with E-state index >= 15 is 0 Å². The van der Waals surface area contributed by atoms with Crippen LogP contribution in [-0.4, -0.2) is 23.2 Å². The Kier molecular flexibility index (Phi) is 4.41. The molecular weight excluding hydrogens is 331 g/mol. The maximum atomic E-state index is 14.3. The monoisotopic (exact) mass is 346 g/mol. The van der Waals surface area contributed by atoms with Crippen molar-refractivity contribution in [1.82, 2.24) is 19.5 Å². The summed E-state index contributed by atoms with van der Waals surface area (Å²) in [5, 5.41) is 4.02. The Morgan fingerprint density at radius 2 is 2.08 bits per heavy atom. The maximum Gasteiger partial charge on any atom is 0.240 e. The number of aryl methyl sites for hydroxylation is 1. The second-order valence-electron chi connectivity index (χ2n) is 5.26. The van der Waals surface area contributed by atoms with Crippen LogP contribution in [0.2, 0.25) is 0 Å². The first-order chi connectivity index (χ1) is 11.5. The second kappa shape index (κ2) is 6.50. The number of halogens is 1. The Morgan fingerprint density at radius 1 is 1.25 bits per heavy atom. The number of nitrogens with zero attached hydrogens (tertiary/aromatic N) is 3. The number of nitrogens with one attached hydrogen (secondary N) is 1. The van der Waals surface area contributed by atoms with Gasteiger partial charge in [0.1, 0.15) is 11.5 Å². The number of sulfonamides is 1. The molecule has 8 heteroatoms. The van der Waals surface area contributed by atoms with Crippen LogP contribution in [-0.2, 0) is 16.6 Å². The van der Waals surface area contributed by atoms with Crippen LogP contribution < -0.4 is 4.72 Å². The molecule has 0 aliphatic carbocycles. The molecule has 24 heavy (non-hydrogen) atoms. The van der Waals surface area contributed by atoms with Crippen molar-refractivity contribution < 1.29 is 12.8 Å². The summed E-state index contributed by atoms with van der Waals surface area (Å²) in [5.74, 6) is -0.664. The van der Waals surface area contributed by atoms with E-state index < -0.39 is 15.8 Å². The van der Waals surface area contributed by atoms with E-state index in [1.807, 2.05) is 6.92 Å². The fourth-order valence-electron chi connectivity index (χ4n) is 2.15. The lowest BCUT2D eigenvalue weighted by molar-refractivity contribution is 0.575. The Bertz CT molecular complexity index is 955. The van der Waals surface area contributed by atoms with Crippen LogP contribution in [0.1, 0.15) is 11.1 Å². The van der Waals surface area contributed by atoms with Crippen LogP contribution in [0.25, 0.3) is 5.69 Å². The van der Waals surface area contributed by atoms with Gasteiger partial charge in [-0.25, -0.2) is 22.2 Å². The molecule has 124 valence electrons. The molecule has 0 amide bonds. The highest BCUT2D eigenvalue weighted by Gasteiger charge is 2.17. The average molecular weight is 346 g/mol. The van der Waals surface area contributed by atoms with Gasteiger partial charge in [0.15, 0.2) is 0 Å². The third-order valence-corrected chi connectivity index (χ3v) is 4.78. The minimum absolute atomic E-state index is 0.0812. The molecule has 0 fully saturated rings. The molecule has 0 spiro atoms. The third-order valence-electron chi connectivity index (χ3n) is 3.38. The molecule has 1 N–H and O–H groups in total. The van der Waals surface area contributed by atoms with E-state index in [9.17, 15) is 12.8 Å². The Balaban J connectivity index is 1.82. The molecule has 0 bridgehead atoms. The zero-order valence-electron chi connectivity index (χ0n) is 12.8. The van der Waals surface area contributed by atoms with Gasteiger partial charge in [-0.05, 0) is 42.3 Å². The van der Waals surface area contributed by atoms with Crippen LogP contribution in [0.15, 0.2) is 60.0 Å². The van der Waals surface area contributed by atoms with Crippen molar-refractivity contribution in [1.29, 1.82) is 0 Å². The van der Waals surface area contributed by atoms with Gasteiger partial charge in [0.2, 0.25) is 10.0 Å². The first-order valence-electron chi connectivity index (χ1n) is 7.15. The summed E-state index contributed by atoms with van der Waals surface area (Å²) in [4.78, 5) is 3.77. The molecule has 0 atom stereocenters. The Labute approximate surface area is 139 Å². The molecule has 3 aromatic rings. The predicted molar refractivity (Wildman–Crippen MR) is 86.5 cm³/mol. The molecule has 0 saturated carbocycles. The van der Waals surface area contributed by atoms with E-state index in [1.54, 1.807) is 36.9 Å². The lowest BCUT2D eigenvalue weighted by Gasteiger charge is -2.09. The summed E-state index contributed by atoms with van der Waals surface area (Å²) >= 11 is 0. The standard InChI is InChI=1S/C16H15FN4O2S/c1-12-8-19-21(11-12)16-5-4-14(7-15(16)17)24(22,23)20-10-13-3-2-6-18-9-13/h2-9,11,20H,10H2,1H3. The number of benzene rings is 1. The van der Waals surface area contributed by atoms with Gasteiger partial charge in [-0.2, -0.15) is 5.10 Å². The van der Waals surface area contributed by atoms with Crippen molar-refractivity contribution in [3.8, 4) is 5.69 Å². The Morgan fingerprint density at radius 3 is 2.71 bits per heavy atom. The summed E-state index contributed by atoms with van der Waals surface area (Å²) in [6.45, 7) is 1.92. The van der Waals surface area contributed by atoms with E-state index in [0.717, 1.165) is 11.6 Å². The summed E-state index contributed by atoms with van der Waals surface area (Å²) < 4.78 is 42.6. The van der Waals surface area contributed by atoms with E-state index in [1.165, 1.54) is 16.8 Å². The zero-order chi connectivity index (χ0) is 17.2. The van der Waals surface area contributed by atoms with Crippen molar-refractivity contribution in [2.45, 2.75) is 18.4 Å². The molecule has 0 aliphatic heterocycles. The highest BCUT2D eigenvalue weighted by molar-refractivity contribution is 7.89. The Hall–Kier alpha value is -2.58. The second-order valence-corrected chi connectivity index (χ2v) is 7.03. The van der Waals surface area contributed by atoms with Crippen LogP contribution in [0, 0.1) is 12.7 Å². The summed E-state index contributed by atoms with van der Waals surface area (Å²) in [6, 6.07) is 7.18. The molecular formula is C16H15FN4O2S. The summed E-state index contributed by atoms with van der Waals surface area (Å²) in [6.07, 6.45) is 6.42. The van der Waals surface area contributed by atoms with Gasteiger partial charge >= 0.3 is 0 Å². The van der Waals surface area contributed by atoms with Gasteiger partial charge in [-0.15, -0.1) is 0 Å². The number of hydrogen-bond acceptors (Lipinski definition) is 4. The molecule has 0 radical (unpaired) electrons. The van der Waals surface area contributed by atoms with Crippen molar-refractivity contribution >= 4 is 10.0 Å². The number of rotatable bonds is 5. The highest BCUT2D eigenvalue weighted by atomic mass is 32.2. The van der Waals surface area contributed by atoms with Gasteiger partial charge in [0.05, 0.1) is 11.1 Å². The molecule has 2 aromatic heterocycles. The van der Waals surface area contributed by atoms with Crippen LogP contribution in [0.4, 0.5) is 4.39 Å². The molecule has 2 heterocycles. The predicted octanol–water partition coefficient (Wildman–Crippen LogP) is 2.19. The van der Waals surface area contributed by atoms with E-state index in [2.05, 4.69) is 14.8 Å². The van der Waals surface area contributed by atoms with Crippen LogP contribution in [0.5, 0.6) is 0 Å². The maximum absolute atomic E-state index is 14.3. The highest BCUT2D eigenvalue weighted by Crippen LogP contribution is 2.18. The van der Waals surface area contributed by atoms with Crippen molar-refractivity contribution in [3.63, 3.8) is 0 Å². The molecule has 3 rings (SSSR count). The van der Waals surface area contributed by atoms with Crippen LogP contribution in [0.3, 0.4) is 0 Å². The zero-order valence-corrected chi connectivity index (χ0v) is 13.7. The fraction of sp³-hybridized carbons (Fsp3) is 0.125. The normalized spacial score (nSPS) is 11.6. The van der Waals surface area contributed by atoms with Gasteiger partial charge in [0, 0.05) is 25.1 Å². The summed E-state index contributed by atoms with van der Waals surface area (Å²) in [7, 11) is -3.82. The number of pyridine rings is 1. The van der Waals surface area contributed by atoms with Crippen molar-refractivity contribution in [2.24, 2.45) is 0 Å². The van der Waals surface area contributed by atoms with Crippen LogP contribution >= 0.6 is 0 Å². The lowest BCUT2D eigenvalue weighted by atomic mass is 10.3. The van der Waals surface area contributed by atoms with Crippen molar-refractivity contribution in [2.75, 3.05) is 0 Å². The minimum Gasteiger partial charge on any atom is -0.264 e. The van der Waals surface area contributed by atoms with E-state index in [0.29, 0.717) is 5.56 Å². The smallest absolute Gasteiger partial charge is 0.240 e. The number of hydrogen-bond donors (Lipinski definition) is 1. The lowest BCUT2D eigenvalue weighted by Crippen LogP contribution is -2.23. The average Bonchev–Trinajstić information content (AvgIpc) is 3.00.